The van der Waals surface area contributed by atoms with Crippen LogP contribution < -0.4 is 14.9 Å². The molecule has 0 aliphatic carbocycles. The van der Waals surface area contributed by atoms with E-state index in [4.69, 9.17) is 18.5 Å². The maximum atomic E-state index is 16.0. The highest BCUT2D eigenvalue weighted by molar-refractivity contribution is 7.52. The molecule has 3 N–H and O–H groups in total. The molecule has 218 valence electrons. The van der Waals surface area contributed by atoms with Crippen molar-refractivity contribution in [3.63, 3.8) is 0 Å². The summed E-state index contributed by atoms with van der Waals surface area (Å²) in [4.78, 5) is 21.1. The van der Waals surface area contributed by atoms with Crippen LogP contribution in [0.25, 0.3) is 11.2 Å². The van der Waals surface area contributed by atoms with Gasteiger partial charge in [0.1, 0.15) is 29.5 Å². The molecule has 1 aliphatic rings. The van der Waals surface area contributed by atoms with Crippen LogP contribution in [0, 0.1) is 0 Å². The van der Waals surface area contributed by atoms with Gasteiger partial charge in [-0.05, 0) is 52.8 Å². The molecule has 40 heavy (non-hydrogen) atoms. The third-order valence-corrected chi connectivity index (χ3v) is 7.88. The third kappa shape index (κ3) is 6.45. The highest BCUT2D eigenvalue weighted by Crippen LogP contribution is 2.48. The van der Waals surface area contributed by atoms with Gasteiger partial charge in [-0.15, -0.1) is 0 Å². The van der Waals surface area contributed by atoms with Crippen LogP contribution >= 0.6 is 7.75 Å². The number of aromatic nitrogens is 3. The predicted octanol–water partition coefficient (Wildman–Crippen LogP) is 3.98. The van der Waals surface area contributed by atoms with Crippen LogP contribution in [-0.4, -0.2) is 68.8 Å². The largest absolute Gasteiger partial charge is 0.462 e. The molecular formula is C26H35FN5O7P. The predicted molar refractivity (Wildman–Crippen MR) is 146 cm³/mol. The van der Waals surface area contributed by atoms with Crippen molar-refractivity contribution in [1.82, 2.24) is 19.6 Å². The second-order valence-electron chi connectivity index (χ2n) is 9.87. The number of hydrogen-bond donors (Lipinski definition) is 3. The molecule has 12 nitrogen and oxygen atoms in total. The summed E-state index contributed by atoms with van der Waals surface area (Å²) in [6, 6.07) is 8.89. The zero-order valence-corrected chi connectivity index (χ0v) is 23.9. The number of carbonyl (C=O) groups is 1. The molecule has 3 aromatic rings. The molecule has 1 fully saturated rings. The number of fused-ring (bicyclic) bond motifs is 1. The minimum atomic E-state index is -4.25. The SMILES string of the molecule is CCNc1ccnc2c1ncn2[C@@H]1O[C@H](COP(=O)(NC(C)C(=O)OC(C)C)Oc2ccccc2)[C@@H](O)[C@@]1(C)F. The summed E-state index contributed by atoms with van der Waals surface area (Å²) >= 11 is 0. The monoisotopic (exact) mass is 579 g/mol. The van der Waals surface area contributed by atoms with E-state index in [9.17, 15) is 14.5 Å². The van der Waals surface area contributed by atoms with Crippen molar-refractivity contribution in [1.29, 1.82) is 0 Å². The minimum Gasteiger partial charge on any atom is -0.462 e. The number of aliphatic hydroxyl groups is 1. The average Bonchev–Trinajstić information content (AvgIpc) is 3.42. The Morgan fingerprint density at radius 1 is 1.25 bits per heavy atom. The van der Waals surface area contributed by atoms with Crippen LogP contribution in [-0.2, 0) is 23.4 Å². The van der Waals surface area contributed by atoms with E-state index in [0.29, 0.717) is 17.7 Å². The molecule has 0 radical (unpaired) electrons. The highest BCUT2D eigenvalue weighted by Gasteiger charge is 2.56. The molecule has 0 bridgehead atoms. The van der Waals surface area contributed by atoms with Gasteiger partial charge in [0.05, 0.1) is 24.7 Å². The molecule has 2 unspecified atom stereocenters. The molecule has 3 heterocycles. The lowest BCUT2D eigenvalue weighted by molar-refractivity contribution is -0.149. The average molecular weight is 580 g/mol. The number of aliphatic hydroxyl groups excluding tert-OH is 1. The Hall–Kier alpha value is -3.09. The van der Waals surface area contributed by atoms with Gasteiger partial charge in [-0.1, -0.05) is 18.2 Å². The molecule has 4 rings (SSSR count). The summed E-state index contributed by atoms with van der Waals surface area (Å²) in [7, 11) is -4.25. The van der Waals surface area contributed by atoms with E-state index in [-0.39, 0.29) is 5.75 Å². The number of halogens is 1. The number of hydrogen-bond acceptors (Lipinski definition) is 10. The quantitative estimate of drug-likeness (QED) is 0.212. The van der Waals surface area contributed by atoms with Crippen LogP contribution in [0.1, 0.15) is 40.8 Å². The Labute approximate surface area is 231 Å². The normalized spacial score (nSPS) is 25.1. The van der Waals surface area contributed by atoms with Gasteiger partial charge in [-0.3, -0.25) is 13.9 Å². The topological polar surface area (TPSA) is 146 Å². The van der Waals surface area contributed by atoms with Gasteiger partial charge in [0, 0.05) is 12.7 Å². The Bertz CT molecular complexity index is 1360. The van der Waals surface area contributed by atoms with Crippen molar-refractivity contribution in [3.8, 4) is 5.75 Å². The highest BCUT2D eigenvalue weighted by atomic mass is 31.2. The lowest BCUT2D eigenvalue weighted by Gasteiger charge is -2.25. The van der Waals surface area contributed by atoms with E-state index in [2.05, 4.69) is 20.4 Å². The number of ether oxygens (including phenoxy) is 2. The first-order valence-electron chi connectivity index (χ1n) is 13.0. The first-order valence-corrected chi connectivity index (χ1v) is 14.5. The summed E-state index contributed by atoms with van der Waals surface area (Å²) in [5, 5.41) is 16.6. The van der Waals surface area contributed by atoms with Crippen LogP contribution in [0.2, 0.25) is 0 Å². The van der Waals surface area contributed by atoms with E-state index in [1.807, 2.05) is 6.92 Å². The molecule has 1 aromatic carbocycles. The molecule has 0 saturated carbocycles. The van der Waals surface area contributed by atoms with Crippen molar-refractivity contribution < 1.29 is 37.4 Å². The molecule has 2 aromatic heterocycles. The lowest BCUT2D eigenvalue weighted by atomic mass is 9.98. The van der Waals surface area contributed by atoms with Gasteiger partial charge in [0.2, 0.25) is 0 Å². The van der Waals surface area contributed by atoms with E-state index in [1.54, 1.807) is 56.4 Å². The number of carbonyl (C=O) groups excluding carboxylic acids is 1. The van der Waals surface area contributed by atoms with E-state index in [1.165, 1.54) is 24.7 Å². The van der Waals surface area contributed by atoms with Crippen LogP contribution in [0.4, 0.5) is 10.1 Å². The number of para-hydroxylation sites is 1. The zero-order valence-electron chi connectivity index (χ0n) is 23.0. The van der Waals surface area contributed by atoms with E-state index < -0.39 is 56.6 Å². The molecule has 14 heteroatoms. The van der Waals surface area contributed by atoms with Crippen molar-refractivity contribution in [2.75, 3.05) is 18.5 Å². The van der Waals surface area contributed by atoms with Crippen LogP contribution in [0.5, 0.6) is 5.75 Å². The summed E-state index contributed by atoms with van der Waals surface area (Å²) in [5.74, 6) is -0.461. The third-order valence-electron chi connectivity index (χ3n) is 6.23. The Balaban J connectivity index is 1.54. The molecular weight excluding hydrogens is 544 g/mol. The number of alkyl halides is 1. The minimum absolute atomic E-state index is 0.205. The molecule has 0 spiro atoms. The smallest absolute Gasteiger partial charge is 0.459 e. The van der Waals surface area contributed by atoms with Crippen molar-refractivity contribution in [3.05, 3.63) is 48.9 Å². The number of imidazole rings is 1. The first kappa shape index (κ1) is 29.9. The van der Waals surface area contributed by atoms with Gasteiger partial charge in [-0.25, -0.2) is 18.9 Å². The van der Waals surface area contributed by atoms with Crippen molar-refractivity contribution in [2.24, 2.45) is 0 Å². The molecule has 6 atom stereocenters. The van der Waals surface area contributed by atoms with Gasteiger partial charge in [-0.2, -0.15) is 5.09 Å². The second kappa shape index (κ2) is 12.2. The number of pyridine rings is 1. The number of nitrogens with zero attached hydrogens (tertiary/aromatic N) is 3. The number of nitrogens with one attached hydrogen (secondary N) is 2. The lowest BCUT2D eigenvalue weighted by Crippen LogP contribution is -2.41. The fourth-order valence-corrected chi connectivity index (χ4v) is 5.80. The number of benzene rings is 1. The summed E-state index contributed by atoms with van der Waals surface area (Å²) < 4.78 is 53.5. The number of rotatable bonds is 12. The fraction of sp³-hybridized carbons (Fsp3) is 0.500. The van der Waals surface area contributed by atoms with E-state index >= 15 is 4.39 Å². The van der Waals surface area contributed by atoms with Crippen LogP contribution in [0.15, 0.2) is 48.9 Å². The molecule has 0 amide bonds. The maximum absolute atomic E-state index is 16.0. The maximum Gasteiger partial charge on any atom is 0.459 e. The summed E-state index contributed by atoms with van der Waals surface area (Å²) in [5.41, 5.74) is -0.687. The molecule has 1 aliphatic heterocycles. The standard InChI is InChI=1S/C26H35FN5O7P/c1-6-28-19-12-13-29-23-21(19)30-15-32(23)25-26(5,27)22(33)20(38-25)14-36-40(35,39-18-10-8-7-9-11-18)31-17(4)24(34)37-16(2)3/h7-13,15-17,20,22,25,33H,6,14H2,1-5H3,(H,28,29)(H,31,35)/t17?,20-,22-,25-,26-,40?/m1/s1. The number of esters is 1. The van der Waals surface area contributed by atoms with Gasteiger partial charge in [0.25, 0.3) is 0 Å². The zero-order chi connectivity index (χ0) is 29.1. The first-order chi connectivity index (χ1) is 18.9. The fourth-order valence-electron chi connectivity index (χ4n) is 4.29. The number of anilines is 1. The Kier molecular flexibility index (Phi) is 9.11. The van der Waals surface area contributed by atoms with Crippen molar-refractivity contribution in [2.45, 2.75) is 70.9 Å². The second-order valence-corrected chi connectivity index (χ2v) is 11.6. The Morgan fingerprint density at radius 3 is 2.65 bits per heavy atom. The van der Waals surface area contributed by atoms with E-state index in [0.717, 1.165) is 5.69 Å². The van der Waals surface area contributed by atoms with Crippen LogP contribution in [0.3, 0.4) is 0 Å². The molecule has 1 saturated heterocycles. The van der Waals surface area contributed by atoms with Gasteiger partial charge in [0.15, 0.2) is 17.5 Å². The van der Waals surface area contributed by atoms with Gasteiger partial charge >= 0.3 is 13.7 Å². The van der Waals surface area contributed by atoms with Gasteiger partial charge < -0.3 is 24.4 Å². The summed E-state index contributed by atoms with van der Waals surface area (Å²) in [6.07, 6.45) is -1.66. The Morgan fingerprint density at radius 2 is 1.98 bits per heavy atom. The van der Waals surface area contributed by atoms with Crippen molar-refractivity contribution >= 4 is 30.6 Å². The summed E-state index contributed by atoms with van der Waals surface area (Å²) in [6.45, 7) is 8.08.